The van der Waals surface area contributed by atoms with Gasteiger partial charge < -0.3 is 14.4 Å². The number of nitrogens with zero attached hydrogens (tertiary/aromatic N) is 5. The molecule has 1 aliphatic rings. The number of ether oxygens (including phenoxy) is 1. The lowest BCUT2D eigenvalue weighted by atomic mass is 10.1. The van der Waals surface area contributed by atoms with E-state index in [0.29, 0.717) is 6.61 Å². The topological polar surface area (TPSA) is 68.3 Å². The molecule has 3 aromatic rings. The molecule has 7 heteroatoms. The molecule has 148 valence electrons. The number of para-hydroxylation sites is 1. The van der Waals surface area contributed by atoms with Crippen LogP contribution >= 0.6 is 0 Å². The summed E-state index contributed by atoms with van der Waals surface area (Å²) in [4.78, 5) is 6.48. The van der Waals surface area contributed by atoms with Crippen molar-refractivity contribution in [3.05, 3.63) is 66.0 Å². The Morgan fingerprint density at radius 2 is 2.14 bits per heavy atom. The summed E-state index contributed by atoms with van der Waals surface area (Å²) in [5, 5.41) is 14.4. The monoisotopic (exact) mass is 381 g/mol. The van der Waals surface area contributed by atoms with E-state index in [-0.39, 0.29) is 0 Å². The van der Waals surface area contributed by atoms with Crippen LogP contribution in [-0.2, 0) is 26.2 Å². The predicted molar refractivity (Wildman–Crippen MR) is 106 cm³/mol. The minimum atomic E-state index is -0.530. The first-order valence-electron chi connectivity index (χ1n) is 9.82. The van der Waals surface area contributed by atoms with Gasteiger partial charge in [0.05, 0.1) is 30.4 Å². The van der Waals surface area contributed by atoms with Gasteiger partial charge >= 0.3 is 0 Å². The van der Waals surface area contributed by atoms with E-state index >= 15 is 0 Å². The quantitative estimate of drug-likeness (QED) is 0.681. The Morgan fingerprint density at radius 1 is 1.25 bits per heavy atom. The number of benzene rings is 1. The third-order valence-corrected chi connectivity index (χ3v) is 5.07. The van der Waals surface area contributed by atoms with Crippen LogP contribution in [0.5, 0.6) is 5.75 Å². The van der Waals surface area contributed by atoms with Gasteiger partial charge in [0.15, 0.2) is 0 Å². The van der Waals surface area contributed by atoms with Crippen LogP contribution in [0, 0.1) is 0 Å². The smallest absolute Gasteiger partial charge is 0.123 e. The van der Waals surface area contributed by atoms with Crippen LogP contribution in [0.15, 0.2) is 49.1 Å². The molecule has 0 unspecified atom stereocenters. The molecule has 4 rings (SSSR count). The average Bonchev–Trinajstić information content (AvgIpc) is 3.30. The Bertz CT molecular complexity index is 888. The minimum absolute atomic E-state index is 0.530. The molecule has 0 bridgehead atoms. The molecule has 0 spiro atoms. The zero-order valence-electron chi connectivity index (χ0n) is 16.2. The fourth-order valence-electron chi connectivity index (χ4n) is 3.59. The van der Waals surface area contributed by atoms with Crippen molar-refractivity contribution in [2.45, 2.75) is 45.6 Å². The number of aliphatic hydroxyl groups excluding tert-OH is 1. The Hall–Kier alpha value is -2.64. The minimum Gasteiger partial charge on any atom is -0.491 e. The van der Waals surface area contributed by atoms with Crippen LogP contribution in [0.1, 0.15) is 36.4 Å². The molecular weight excluding hydrogens is 354 g/mol. The van der Waals surface area contributed by atoms with Gasteiger partial charge in [0.2, 0.25) is 0 Å². The molecule has 0 amide bonds. The van der Waals surface area contributed by atoms with Crippen molar-refractivity contribution in [3.8, 4) is 5.75 Å². The first-order valence-corrected chi connectivity index (χ1v) is 9.82. The normalized spacial score (nSPS) is 15.8. The van der Waals surface area contributed by atoms with Gasteiger partial charge in [-0.15, -0.1) is 0 Å². The number of aromatic nitrogens is 4. The van der Waals surface area contributed by atoms with Gasteiger partial charge in [0.25, 0.3) is 0 Å². The van der Waals surface area contributed by atoms with Gasteiger partial charge in [-0.1, -0.05) is 18.2 Å². The maximum atomic E-state index is 9.82. The highest BCUT2D eigenvalue weighted by atomic mass is 16.5. The second-order valence-electron chi connectivity index (χ2n) is 7.28. The summed E-state index contributed by atoms with van der Waals surface area (Å²) >= 11 is 0. The summed E-state index contributed by atoms with van der Waals surface area (Å²) < 4.78 is 10.1. The van der Waals surface area contributed by atoms with Gasteiger partial charge in [-0.05, 0) is 25.5 Å². The average molecular weight is 381 g/mol. The molecule has 28 heavy (non-hydrogen) atoms. The summed E-state index contributed by atoms with van der Waals surface area (Å²) in [6.07, 6.45) is 6.03. The Balaban J connectivity index is 1.41. The van der Waals surface area contributed by atoms with Crippen LogP contribution in [0.3, 0.4) is 0 Å². The van der Waals surface area contributed by atoms with Crippen molar-refractivity contribution in [1.82, 2.24) is 24.2 Å². The lowest BCUT2D eigenvalue weighted by Crippen LogP contribution is -2.23. The second-order valence-corrected chi connectivity index (χ2v) is 7.28. The predicted octanol–water partition coefficient (Wildman–Crippen LogP) is 2.62. The van der Waals surface area contributed by atoms with E-state index < -0.39 is 6.10 Å². The summed E-state index contributed by atoms with van der Waals surface area (Å²) in [6, 6.07) is 10.3. The van der Waals surface area contributed by atoms with Crippen molar-refractivity contribution in [2.75, 3.05) is 13.2 Å². The zero-order valence-corrected chi connectivity index (χ0v) is 16.2. The first kappa shape index (κ1) is 18.7. The molecule has 1 aliphatic heterocycles. The van der Waals surface area contributed by atoms with Gasteiger partial charge in [-0.2, -0.15) is 5.10 Å². The first-order chi connectivity index (χ1) is 13.7. The SMILES string of the molecule is C[C@H](O)c1cc2n(n1)CCCN(Cc1ccccc1OCCn1ccnc1)C2. The molecule has 2 aromatic heterocycles. The third kappa shape index (κ3) is 4.43. The summed E-state index contributed by atoms with van der Waals surface area (Å²) in [7, 11) is 0. The molecule has 0 saturated carbocycles. The van der Waals surface area contributed by atoms with Crippen molar-refractivity contribution in [1.29, 1.82) is 0 Å². The zero-order chi connectivity index (χ0) is 19.3. The lowest BCUT2D eigenvalue weighted by molar-refractivity contribution is 0.193. The van der Waals surface area contributed by atoms with Gasteiger partial charge in [0.1, 0.15) is 12.4 Å². The maximum Gasteiger partial charge on any atom is 0.123 e. The van der Waals surface area contributed by atoms with Crippen molar-refractivity contribution >= 4 is 0 Å². The van der Waals surface area contributed by atoms with E-state index in [2.05, 4.69) is 27.1 Å². The van der Waals surface area contributed by atoms with E-state index in [9.17, 15) is 5.11 Å². The molecule has 7 nitrogen and oxygen atoms in total. The number of hydrogen-bond donors (Lipinski definition) is 1. The largest absolute Gasteiger partial charge is 0.491 e. The number of hydrogen-bond acceptors (Lipinski definition) is 5. The van der Waals surface area contributed by atoms with Gasteiger partial charge in [-0.3, -0.25) is 9.58 Å². The van der Waals surface area contributed by atoms with Crippen LogP contribution in [0.2, 0.25) is 0 Å². The summed E-state index contributed by atoms with van der Waals surface area (Å²) in [5.41, 5.74) is 3.10. The Labute approximate surface area is 165 Å². The molecule has 1 aromatic carbocycles. The van der Waals surface area contributed by atoms with Crippen LogP contribution in [0.4, 0.5) is 0 Å². The third-order valence-electron chi connectivity index (χ3n) is 5.07. The molecule has 0 aliphatic carbocycles. The molecule has 1 N–H and O–H groups in total. The molecule has 0 saturated heterocycles. The van der Waals surface area contributed by atoms with Crippen molar-refractivity contribution < 1.29 is 9.84 Å². The van der Waals surface area contributed by atoms with E-state index in [1.165, 1.54) is 5.56 Å². The van der Waals surface area contributed by atoms with Crippen molar-refractivity contribution in [2.24, 2.45) is 0 Å². The van der Waals surface area contributed by atoms with E-state index in [1.807, 2.05) is 33.6 Å². The number of fused-ring (bicyclic) bond motifs is 1. The Kier molecular flexibility index (Phi) is 5.73. The number of rotatable bonds is 7. The fourth-order valence-corrected chi connectivity index (χ4v) is 3.59. The highest BCUT2D eigenvalue weighted by Gasteiger charge is 2.19. The standard InChI is InChI=1S/C21H27N5O2/c1-17(27)20-13-19-15-25(8-4-9-26(19)23-20)14-18-5-2-3-6-21(18)28-12-11-24-10-7-22-16-24/h2-3,5-7,10,13,16-17,27H,4,8-9,11-12,14-15H2,1H3/t17-/m0/s1. The van der Waals surface area contributed by atoms with E-state index in [1.54, 1.807) is 19.4 Å². The Morgan fingerprint density at radius 3 is 2.96 bits per heavy atom. The lowest BCUT2D eigenvalue weighted by Gasteiger charge is -2.21. The summed E-state index contributed by atoms with van der Waals surface area (Å²) in [6.45, 7) is 6.70. The molecule has 0 fully saturated rings. The molecule has 3 heterocycles. The highest BCUT2D eigenvalue weighted by molar-refractivity contribution is 5.33. The second kappa shape index (κ2) is 8.58. The van der Waals surface area contributed by atoms with Crippen LogP contribution in [-0.4, -0.2) is 42.5 Å². The molecular formula is C21H27N5O2. The van der Waals surface area contributed by atoms with Crippen molar-refractivity contribution in [3.63, 3.8) is 0 Å². The highest BCUT2D eigenvalue weighted by Crippen LogP contribution is 2.23. The fraction of sp³-hybridized carbons (Fsp3) is 0.429. The maximum absolute atomic E-state index is 9.82. The number of imidazole rings is 1. The van der Waals surface area contributed by atoms with Gasteiger partial charge in [-0.25, -0.2) is 4.98 Å². The van der Waals surface area contributed by atoms with Gasteiger partial charge in [0, 0.05) is 44.1 Å². The number of aliphatic hydroxyl groups is 1. The summed E-state index contributed by atoms with van der Waals surface area (Å²) in [5.74, 6) is 0.935. The molecule has 1 atom stereocenters. The van der Waals surface area contributed by atoms with Crippen LogP contribution < -0.4 is 4.74 Å². The van der Waals surface area contributed by atoms with E-state index in [4.69, 9.17) is 4.74 Å². The molecule has 0 radical (unpaired) electrons. The number of aryl methyl sites for hydroxylation is 1. The van der Waals surface area contributed by atoms with E-state index in [0.717, 1.165) is 56.3 Å². The van der Waals surface area contributed by atoms with Crippen LogP contribution in [0.25, 0.3) is 0 Å².